The number of para-hydroxylation sites is 1. The van der Waals surface area contributed by atoms with Gasteiger partial charge in [-0.25, -0.2) is 8.42 Å². The fourth-order valence-electron chi connectivity index (χ4n) is 7.08. The van der Waals surface area contributed by atoms with Crippen LogP contribution in [0.15, 0.2) is 122 Å². The first-order chi connectivity index (χ1) is 31.4. The van der Waals surface area contributed by atoms with E-state index in [4.69, 9.17) is 19.3 Å². The molecule has 0 aromatic heterocycles. The van der Waals surface area contributed by atoms with Gasteiger partial charge in [0.05, 0.1) is 37.1 Å². The molecule has 0 spiro atoms. The molecule has 0 atom stereocenters. The Bertz CT molecular complexity index is 3020. The van der Waals surface area contributed by atoms with Crippen LogP contribution < -0.4 is 24.9 Å². The summed E-state index contributed by atoms with van der Waals surface area (Å²) in [5.74, 6) is -1.05. The zero-order valence-electron chi connectivity index (χ0n) is 38.2. The van der Waals surface area contributed by atoms with Crippen LogP contribution in [0.3, 0.4) is 0 Å². The molecule has 0 amide bonds. The van der Waals surface area contributed by atoms with Crippen LogP contribution in [0.4, 0.5) is 34.1 Å². The third-order valence-electron chi connectivity index (χ3n) is 10.4. The smallest absolute Gasteiger partial charge is 0.306 e. The Morgan fingerprint density at radius 2 is 1.48 bits per heavy atom. The van der Waals surface area contributed by atoms with Crippen molar-refractivity contribution in [3.63, 3.8) is 0 Å². The van der Waals surface area contributed by atoms with Crippen molar-refractivity contribution >= 4 is 77.8 Å². The maximum atomic E-state index is 14.0. The van der Waals surface area contributed by atoms with Gasteiger partial charge in [-0.3, -0.25) is 24.3 Å². The minimum Gasteiger partial charge on any atom is -0.494 e. The maximum Gasteiger partial charge on any atom is 0.306 e. The van der Waals surface area contributed by atoms with Crippen LogP contribution in [0.2, 0.25) is 0 Å². The summed E-state index contributed by atoms with van der Waals surface area (Å²) in [6.45, 7) is 12.6. The molecule has 0 bridgehead atoms. The number of carboxylic acid groups (broad SMARTS) is 1. The first-order valence-electron chi connectivity index (χ1n) is 20.9. The molecule has 0 saturated heterocycles. The fourth-order valence-corrected chi connectivity index (χ4v) is 9.09. The number of anilines is 4. The monoisotopic (exact) mass is 952 g/mol. The molecule has 5 aromatic carbocycles. The zero-order chi connectivity index (χ0) is 48.9. The lowest BCUT2D eigenvalue weighted by Crippen LogP contribution is -2.34. The van der Waals surface area contributed by atoms with E-state index in [1.165, 1.54) is 31.4 Å². The molecular formula is C48H52N6O11S2. The number of aliphatic carboxylic acids is 1. The Hall–Kier alpha value is -6.93. The molecule has 0 heterocycles. The molecule has 5 N–H and O–H groups in total. The second-order valence-electron chi connectivity index (χ2n) is 17.1. The molecular weight excluding hydrogens is 901 g/mol. The van der Waals surface area contributed by atoms with Gasteiger partial charge in [0.2, 0.25) is 5.78 Å². The van der Waals surface area contributed by atoms with E-state index >= 15 is 0 Å². The summed E-state index contributed by atoms with van der Waals surface area (Å²) in [7, 11) is -7.77. The number of hydrogen-bond donors (Lipinski definition) is 5. The van der Waals surface area contributed by atoms with Gasteiger partial charge in [0.1, 0.15) is 32.6 Å². The number of sulfonamides is 1. The van der Waals surface area contributed by atoms with Crippen molar-refractivity contribution in [2.75, 3.05) is 29.2 Å². The third kappa shape index (κ3) is 12.7. The topological polar surface area (TPSA) is 244 Å². The predicted octanol–water partition coefficient (Wildman–Crippen LogP) is 10.3. The van der Waals surface area contributed by atoms with Gasteiger partial charge in [0, 0.05) is 35.1 Å². The van der Waals surface area contributed by atoms with E-state index in [0.29, 0.717) is 40.2 Å². The van der Waals surface area contributed by atoms with Crippen LogP contribution in [-0.4, -0.2) is 68.9 Å². The van der Waals surface area contributed by atoms with Crippen molar-refractivity contribution < 1.29 is 50.3 Å². The van der Waals surface area contributed by atoms with Crippen LogP contribution in [-0.2, 0) is 29.7 Å². The van der Waals surface area contributed by atoms with Gasteiger partial charge in [0.25, 0.3) is 20.1 Å². The first kappa shape index (κ1) is 49.5. The fraction of sp³-hybridized carbons (Fsp3) is 0.271. The number of hydrogen-bond acceptors (Lipinski definition) is 14. The Morgan fingerprint density at radius 1 is 0.791 bits per heavy atom. The van der Waals surface area contributed by atoms with Gasteiger partial charge >= 0.3 is 5.97 Å². The molecule has 1 aliphatic rings. The molecule has 67 heavy (non-hydrogen) atoms. The molecule has 17 nitrogen and oxygen atoms in total. The Morgan fingerprint density at radius 3 is 2.13 bits per heavy atom. The molecule has 0 saturated carbocycles. The highest BCUT2D eigenvalue weighted by atomic mass is 32.2. The summed E-state index contributed by atoms with van der Waals surface area (Å²) in [4.78, 5) is 24.0. The Labute approximate surface area is 389 Å². The molecule has 0 radical (unpaired) electrons. The number of carboxylic acids is 1. The maximum absolute atomic E-state index is 14.0. The number of ketones is 1. The summed E-state index contributed by atoms with van der Waals surface area (Å²) in [5, 5.41) is 25.3. The zero-order valence-corrected chi connectivity index (χ0v) is 39.8. The first-order valence-corrected chi connectivity index (χ1v) is 23.8. The quantitative estimate of drug-likeness (QED) is 0.0294. The summed E-state index contributed by atoms with van der Waals surface area (Å²) in [6.07, 6.45) is 1.50. The number of benzene rings is 5. The molecule has 1 aliphatic carbocycles. The third-order valence-corrected chi connectivity index (χ3v) is 12.7. The summed E-state index contributed by atoms with van der Waals surface area (Å²) >= 11 is 0. The number of carbonyl (C=O) groups excluding carboxylic acids is 1. The number of ether oxygens (including phenoxy) is 3. The second-order valence-corrected chi connectivity index (χ2v) is 20.1. The van der Waals surface area contributed by atoms with Crippen LogP contribution >= 0.6 is 0 Å². The van der Waals surface area contributed by atoms with Crippen molar-refractivity contribution in [1.29, 1.82) is 0 Å². The van der Waals surface area contributed by atoms with Crippen molar-refractivity contribution in [2.45, 2.75) is 77.4 Å². The van der Waals surface area contributed by atoms with E-state index in [1.807, 2.05) is 44.2 Å². The number of carbonyl (C=O) groups is 2. The number of azo groups is 1. The highest BCUT2D eigenvalue weighted by Gasteiger charge is 2.33. The minimum atomic E-state index is -4.92. The van der Waals surface area contributed by atoms with Gasteiger partial charge in [-0.15, -0.1) is 5.11 Å². The molecule has 0 unspecified atom stereocenters. The number of Topliss-reactive ketones (excluding diaryl/α,β-unsaturated/α-hetero) is 1. The normalized spacial score (nSPS) is 13.8. The number of fused-ring (bicyclic) bond motifs is 1. The Balaban J connectivity index is 1.19. The van der Waals surface area contributed by atoms with Crippen molar-refractivity contribution in [2.24, 2.45) is 15.3 Å². The molecule has 6 rings (SSSR count). The molecule has 5 aromatic rings. The van der Waals surface area contributed by atoms with Gasteiger partial charge < -0.3 is 24.6 Å². The van der Waals surface area contributed by atoms with Gasteiger partial charge in [-0.05, 0) is 144 Å². The van der Waals surface area contributed by atoms with E-state index in [0.717, 1.165) is 5.69 Å². The molecule has 352 valence electrons. The van der Waals surface area contributed by atoms with Crippen LogP contribution in [0.5, 0.6) is 11.5 Å². The number of rotatable bonds is 19. The average Bonchev–Trinajstić information content (AvgIpc) is 3.23. The van der Waals surface area contributed by atoms with Gasteiger partial charge in [-0.1, -0.05) is 24.3 Å². The van der Waals surface area contributed by atoms with E-state index in [-0.39, 0.29) is 51.9 Å². The predicted molar refractivity (Wildman–Crippen MR) is 258 cm³/mol. The van der Waals surface area contributed by atoms with Crippen LogP contribution in [0, 0.1) is 20.8 Å². The summed E-state index contributed by atoms with van der Waals surface area (Å²) in [6, 6.07) is 26.8. The van der Waals surface area contributed by atoms with E-state index in [9.17, 15) is 31.0 Å². The number of methoxy groups -OCH3 is 1. The number of allylic oxidation sites excluding steroid dienone is 1. The summed E-state index contributed by atoms with van der Waals surface area (Å²) in [5.41, 5.74) is 5.01. The lowest BCUT2D eigenvalue weighted by atomic mass is 9.94. The highest BCUT2D eigenvalue weighted by molar-refractivity contribution is 7.93. The van der Waals surface area contributed by atoms with E-state index in [1.54, 1.807) is 83.1 Å². The standard InChI is InChI=1S/C48H52N6O11S2/c1-29-22-31(3)44(41(23-29)66(58,59)54-34-14-17-36(18-15-34)65-47(4,5)20-21-64-48(6,7)28-43(55)56)52-50-38-27-40(63-8)39(24-30(38)2)51-53-45-42(67(60,61)62)26-32-25-35(16-19-37(32)46(45)57)49-33-12-10-9-11-13-33/h9-19,22-27,49,51,54H,20-21,28H2,1-8H3,(H,55,56)(H,60,61,62)/b52-50+,53-45+. The van der Waals surface area contributed by atoms with Crippen LogP contribution in [0.25, 0.3) is 6.08 Å². The molecule has 0 aliphatic heterocycles. The highest BCUT2D eigenvalue weighted by Crippen LogP contribution is 2.38. The second kappa shape index (κ2) is 19.9. The largest absolute Gasteiger partial charge is 0.494 e. The summed E-state index contributed by atoms with van der Waals surface area (Å²) < 4.78 is 83.5. The van der Waals surface area contributed by atoms with Crippen molar-refractivity contribution in [3.8, 4) is 11.5 Å². The van der Waals surface area contributed by atoms with E-state index in [2.05, 4.69) is 30.8 Å². The number of aryl methyl sites for hydroxylation is 3. The number of hydrazone groups is 1. The minimum absolute atomic E-state index is 0.0871. The SMILES string of the molecule is COc1cc(/N=N/c2c(C)cc(C)cc2S(=O)(=O)Nc2ccc(OC(C)(C)CCOC(C)(C)CC(=O)O)cc2)c(C)cc1N/N=C1/C(=O)c2ccc(Nc3ccccc3)cc2C=C1S(=O)(=O)O. The van der Waals surface area contributed by atoms with Crippen molar-refractivity contribution in [3.05, 3.63) is 130 Å². The molecule has 0 fully saturated rings. The van der Waals surface area contributed by atoms with Gasteiger partial charge in [-0.2, -0.15) is 18.6 Å². The lowest BCUT2D eigenvalue weighted by Gasteiger charge is -2.29. The van der Waals surface area contributed by atoms with Crippen LogP contribution in [0.1, 0.15) is 73.1 Å². The number of nitrogens with zero attached hydrogens (tertiary/aromatic N) is 3. The van der Waals surface area contributed by atoms with Gasteiger partial charge in [0.15, 0.2) is 5.71 Å². The van der Waals surface area contributed by atoms with E-state index < -0.39 is 53.7 Å². The lowest BCUT2D eigenvalue weighted by molar-refractivity contribution is -0.144. The molecule has 19 heteroatoms. The average molecular weight is 953 g/mol. The van der Waals surface area contributed by atoms with Crippen molar-refractivity contribution in [1.82, 2.24) is 0 Å². The Kier molecular flexibility index (Phi) is 14.7. The number of nitrogens with one attached hydrogen (secondary N) is 3.